The molecule has 4 rings (SSSR count). The summed E-state index contributed by atoms with van der Waals surface area (Å²) in [5, 5.41) is 3.94. The number of hydrogen-bond acceptors (Lipinski definition) is 7. The molecule has 0 aliphatic carbocycles. The topological polar surface area (TPSA) is 103 Å². The summed E-state index contributed by atoms with van der Waals surface area (Å²) in [6, 6.07) is 26.9. The molecule has 0 aliphatic rings. The Labute approximate surface area is 233 Å². The molecule has 0 radical (unpaired) electrons. The lowest BCUT2D eigenvalue weighted by Gasteiger charge is -2.11. The molecule has 39 heavy (non-hydrogen) atoms. The number of hydrogen-bond donors (Lipinski definition) is 1. The minimum absolute atomic E-state index is 0.0102. The van der Waals surface area contributed by atoms with Crippen LogP contribution in [0.2, 0.25) is 0 Å². The Morgan fingerprint density at radius 2 is 1.36 bits per heavy atom. The Bertz CT molecular complexity index is 1510. The Kier molecular flexibility index (Phi) is 9.20. The number of esters is 2. The van der Waals surface area contributed by atoms with Gasteiger partial charge in [-0.3, -0.25) is 4.79 Å². The van der Waals surface area contributed by atoms with E-state index in [9.17, 15) is 14.4 Å². The summed E-state index contributed by atoms with van der Waals surface area (Å²) in [7, 11) is 0. The quantitative estimate of drug-likeness (QED) is 0.116. The van der Waals surface area contributed by atoms with Crippen LogP contribution in [0.25, 0.3) is 0 Å². The molecule has 9 heteroatoms. The average molecular weight is 587 g/mol. The molecule has 4 aromatic rings. The summed E-state index contributed by atoms with van der Waals surface area (Å²) in [5.41, 5.74) is 4.58. The Morgan fingerprint density at radius 3 is 1.97 bits per heavy atom. The van der Waals surface area contributed by atoms with E-state index in [1.807, 2.05) is 19.1 Å². The van der Waals surface area contributed by atoms with Crippen LogP contribution in [0.15, 0.2) is 107 Å². The lowest BCUT2D eigenvalue weighted by atomic mass is 10.2. The average Bonchev–Trinajstić information content (AvgIpc) is 2.94. The van der Waals surface area contributed by atoms with Gasteiger partial charge in [0.25, 0.3) is 5.91 Å². The first-order valence-corrected chi connectivity index (χ1v) is 12.6. The number of benzene rings is 4. The Morgan fingerprint density at radius 1 is 0.769 bits per heavy atom. The molecule has 1 N–H and O–H groups in total. The van der Waals surface area contributed by atoms with Gasteiger partial charge in [0, 0.05) is 0 Å². The number of carbonyl (C=O) groups is 3. The van der Waals surface area contributed by atoms with Gasteiger partial charge in [-0.1, -0.05) is 42.5 Å². The minimum Gasteiger partial charge on any atom is -0.483 e. The van der Waals surface area contributed by atoms with Crippen LogP contribution < -0.4 is 19.6 Å². The third-order valence-electron chi connectivity index (χ3n) is 5.24. The van der Waals surface area contributed by atoms with E-state index in [1.54, 1.807) is 72.8 Å². The fourth-order valence-corrected chi connectivity index (χ4v) is 3.92. The van der Waals surface area contributed by atoms with Crippen LogP contribution in [-0.4, -0.2) is 30.7 Å². The number of carbonyl (C=O) groups excluding carboxylic acids is 3. The van der Waals surface area contributed by atoms with Gasteiger partial charge in [0.2, 0.25) is 0 Å². The highest BCUT2D eigenvalue weighted by Crippen LogP contribution is 2.30. The second-order valence-electron chi connectivity index (χ2n) is 8.23. The second kappa shape index (κ2) is 13.2. The number of aryl methyl sites for hydroxylation is 1. The molecule has 1 amide bonds. The number of nitrogens with zero attached hydrogens (tertiary/aromatic N) is 1. The first-order chi connectivity index (χ1) is 18.9. The molecule has 0 aromatic heterocycles. The third kappa shape index (κ3) is 7.86. The van der Waals surface area contributed by atoms with Crippen LogP contribution in [-0.2, 0) is 4.79 Å². The molecule has 0 aliphatic heterocycles. The zero-order valence-electron chi connectivity index (χ0n) is 20.8. The predicted molar refractivity (Wildman–Crippen MR) is 149 cm³/mol. The van der Waals surface area contributed by atoms with Gasteiger partial charge in [-0.2, -0.15) is 5.10 Å². The summed E-state index contributed by atoms with van der Waals surface area (Å²) >= 11 is 3.40. The highest BCUT2D eigenvalue weighted by atomic mass is 79.9. The van der Waals surface area contributed by atoms with Crippen molar-refractivity contribution in [1.82, 2.24) is 5.43 Å². The van der Waals surface area contributed by atoms with Gasteiger partial charge in [-0.05, 0) is 88.6 Å². The smallest absolute Gasteiger partial charge is 0.343 e. The minimum atomic E-state index is -0.630. The van der Waals surface area contributed by atoms with Crippen LogP contribution in [0.4, 0.5) is 0 Å². The number of ether oxygens (including phenoxy) is 3. The van der Waals surface area contributed by atoms with E-state index in [1.165, 1.54) is 18.3 Å². The van der Waals surface area contributed by atoms with E-state index in [0.717, 1.165) is 10.0 Å². The van der Waals surface area contributed by atoms with Crippen molar-refractivity contribution in [2.45, 2.75) is 6.92 Å². The highest BCUT2D eigenvalue weighted by Gasteiger charge is 2.17. The van der Waals surface area contributed by atoms with Crippen molar-refractivity contribution in [2.24, 2.45) is 5.10 Å². The van der Waals surface area contributed by atoms with Crippen molar-refractivity contribution in [1.29, 1.82) is 0 Å². The summed E-state index contributed by atoms with van der Waals surface area (Å²) in [4.78, 5) is 37.5. The molecule has 0 bridgehead atoms. The molecule has 0 fully saturated rings. The van der Waals surface area contributed by atoms with Crippen molar-refractivity contribution in [3.63, 3.8) is 0 Å². The van der Waals surface area contributed by atoms with Crippen LogP contribution in [0, 0.1) is 6.92 Å². The summed E-state index contributed by atoms with van der Waals surface area (Å²) < 4.78 is 17.3. The maximum atomic E-state index is 12.7. The van der Waals surface area contributed by atoms with Gasteiger partial charge in [0.1, 0.15) is 5.75 Å². The van der Waals surface area contributed by atoms with Crippen molar-refractivity contribution in [3.05, 3.63) is 124 Å². The molecule has 8 nitrogen and oxygen atoms in total. The molecular weight excluding hydrogens is 564 g/mol. The van der Waals surface area contributed by atoms with Crippen molar-refractivity contribution >= 4 is 40.0 Å². The largest absolute Gasteiger partial charge is 0.483 e. The van der Waals surface area contributed by atoms with E-state index in [0.29, 0.717) is 22.4 Å². The summed E-state index contributed by atoms with van der Waals surface area (Å²) in [6.45, 7) is 1.71. The van der Waals surface area contributed by atoms with Crippen molar-refractivity contribution in [2.75, 3.05) is 6.61 Å². The molecule has 0 heterocycles. The highest BCUT2D eigenvalue weighted by molar-refractivity contribution is 9.10. The number of nitrogens with one attached hydrogen (secondary N) is 1. The number of halogens is 1. The molecule has 4 aromatic carbocycles. The predicted octanol–water partition coefficient (Wildman–Crippen LogP) is 5.73. The molecule has 0 spiro atoms. The zero-order chi connectivity index (χ0) is 27.6. The lowest BCUT2D eigenvalue weighted by Crippen LogP contribution is -2.24. The Hall–Kier alpha value is -4.76. The molecule has 0 saturated heterocycles. The fourth-order valence-electron chi connectivity index (χ4n) is 3.31. The van der Waals surface area contributed by atoms with Gasteiger partial charge in [-0.25, -0.2) is 15.0 Å². The monoisotopic (exact) mass is 586 g/mol. The standard InChI is InChI=1S/C30H23BrN2O6/c1-20-12-14-25(24(31)16-20)37-19-28(34)33-32-18-21-13-15-26(38-29(35)22-8-4-2-5-9-22)27(17-21)39-30(36)23-10-6-3-7-11-23/h2-18H,19H2,1H3,(H,33,34)/b32-18+. The van der Waals surface area contributed by atoms with Gasteiger partial charge in [-0.15, -0.1) is 0 Å². The van der Waals surface area contributed by atoms with Gasteiger partial charge in [0.15, 0.2) is 18.1 Å². The first-order valence-electron chi connectivity index (χ1n) is 11.8. The van der Waals surface area contributed by atoms with Gasteiger partial charge < -0.3 is 14.2 Å². The number of rotatable bonds is 9. The van der Waals surface area contributed by atoms with Gasteiger partial charge in [0.05, 0.1) is 21.8 Å². The summed E-state index contributed by atoms with van der Waals surface area (Å²) in [6.07, 6.45) is 1.36. The zero-order valence-corrected chi connectivity index (χ0v) is 22.4. The molecule has 0 unspecified atom stereocenters. The van der Waals surface area contributed by atoms with Crippen LogP contribution in [0.5, 0.6) is 17.2 Å². The SMILES string of the molecule is Cc1ccc(OCC(=O)N/N=C/c2ccc(OC(=O)c3ccccc3)c(OC(=O)c3ccccc3)c2)c(Br)c1. The van der Waals surface area contributed by atoms with E-state index in [-0.39, 0.29) is 18.1 Å². The maximum Gasteiger partial charge on any atom is 0.343 e. The second-order valence-corrected chi connectivity index (χ2v) is 9.09. The molecule has 0 saturated carbocycles. The first kappa shape index (κ1) is 27.3. The van der Waals surface area contributed by atoms with Crippen LogP contribution in [0.3, 0.4) is 0 Å². The molecule has 196 valence electrons. The normalized spacial score (nSPS) is 10.6. The molecule has 0 atom stereocenters. The maximum absolute atomic E-state index is 12.7. The van der Waals surface area contributed by atoms with E-state index in [4.69, 9.17) is 14.2 Å². The van der Waals surface area contributed by atoms with Crippen molar-refractivity contribution in [3.8, 4) is 17.2 Å². The number of amides is 1. The number of hydrazone groups is 1. The van der Waals surface area contributed by atoms with Crippen LogP contribution >= 0.6 is 15.9 Å². The van der Waals surface area contributed by atoms with Gasteiger partial charge >= 0.3 is 11.9 Å². The lowest BCUT2D eigenvalue weighted by molar-refractivity contribution is -0.123. The van der Waals surface area contributed by atoms with E-state index < -0.39 is 17.8 Å². The van der Waals surface area contributed by atoms with Crippen LogP contribution in [0.1, 0.15) is 31.8 Å². The Balaban J connectivity index is 1.46. The van der Waals surface area contributed by atoms with E-state index in [2.05, 4.69) is 26.5 Å². The van der Waals surface area contributed by atoms with E-state index >= 15 is 0 Å². The molecular formula is C30H23BrN2O6. The van der Waals surface area contributed by atoms with Crippen molar-refractivity contribution < 1.29 is 28.6 Å². The summed E-state index contributed by atoms with van der Waals surface area (Å²) in [5.74, 6) is -1.12. The fraction of sp³-hybridized carbons (Fsp3) is 0.0667. The third-order valence-corrected chi connectivity index (χ3v) is 5.86.